The number of alkyl halides is 2. The lowest BCUT2D eigenvalue weighted by molar-refractivity contribution is 0.130. The highest BCUT2D eigenvalue weighted by atomic mass is 32.2. The maximum absolute atomic E-state index is 13.6. The van der Waals surface area contributed by atoms with Crippen LogP contribution in [-0.2, 0) is 17.1 Å². The molecule has 0 amide bonds. The average Bonchev–Trinajstić information content (AvgIpc) is 3.70. The number of hydrogen-bond donors (Lipinski definition) is 2. The molecule has 2 aromatic carbocycles. The molecule has 1 aliphatic heterocycles. The number of nitrogen functional groups attached to an aromatic ring is 1. The smallest absolute Gasteiger partial charge is 0.355 e. The van der Waals surface area contributed by atoms with E-state index in [2.05, 4.69) is 9.88 Å². The number of halogens is 3. The van der Waals surface area contributed by atoms with Gasteiger partial charge in [0.05, 0.1) is 28.8 Å². The van der Waals surface area contributed by atoms with Crippen LogP contribution in [0.15, 0.2) is 61.1 Å². The number of benzene rings is 2. The summed E-state index contributed by atoms with van der Waals surface area (Å²) in [7, 11) is -3.23. The molecule has 15 heteroatoms. The highest BCUT2D eigenvalue weighted by Gasteiger charge is 2.28. The van der Waals surface area contributed by atoms with Crippen molar-refractivity contribution in [3.63, 3.8) is 0 Å². The largest absolute Gasteiger partial charge is 0.484 e. The van der Waals surface area contributed by atoms with Gasteiger partial charge in [-0.15, -0.1) is 0 Å². The van der Waals surface area contributed by atoms with Crippen LogP contribution in [0.1, 0.15) is 56.7 Å². The molecule has 7 rings (SSSR count). The summed E-state index contributed by atoms with van der Waals surface area (Å²) in [6.45, 7) is 5.00. The molecule has 1 atom stereocenters. The summed E-state index contributed by atoms with van der Waals surface area (Å²) in [5, 5.41) is 10.1. The van der Waals surface area contributed by atoms with E-state index in [9.17, 15) is 21.6 Å². The number of anilines is 2. The molecule has 0 radical (unpaired) electrons. The zero-order valence-electron chi connectivity index (χ0n) is 27.8. The van der Waals surface area contributed by atoms with Gasteiger partial charge in [0.15, 0.2) is 0 Å². The number of rotatable bonds is 11. The van der Waals surface area contributed by atoms with Crippen molar-refractivity contribution in [2.45, 2.75) is 56.9 Å². The highest BCUT2D eigenvalue weighted by Crippen LogP contribution is 2.41. The maximum Gasteiger partial charge on any atom is 0.355 e. The summed E-state index contributed by atoms with van der Waals surface area (Å²) >= 11 is 0. The number of sulfonamides is 1. The number of aryl methyl sites for hydroxylation is 1. The van der Waals surface area contributed by atoms with Crippen LogP contribution < -0.4 is 15.2 Å². The Morgan fingerprint density at radius 1 is 1.04 bits per heavy atom. The van der Waals surface area contributed by atoms with E-state index in [1.54, 1.807) is 30.9 Å². The summed E-state index contributed by atoms with van der Waals surface area (Å²) in [5.41, 5.74) is 10.1. The Kier molecular flexibility index (Phi) is 9.20. The van der Waals surface area contributed by atoms with Gasteiger partial charge in [-0.1, -0.05) is 24.6 Å². The lowest BCUT2D eigenvalue weighted by Crippen LogP contribution is -2.39. The van der Waals surface area contributed by atoms with Crippen molar-refractivity contribution >= 4 is 32.4 Å². The molecule has 0 bridgehead atoms. The molecule has 1 saturated carbocycles. The predicted octanol–water partition coefficient (Wildman–Crippen LogP) is 6.76. The number of pyridine rings is 1. The van der Waals surface area contributed by atoms with Crippen LogP contribution in [0.3, 0.4) is 0 Å². The molecular weight excluding hydrogens is 669 g/mol. The quantitative estimate of drug-likeness (QED) is 0.154. The van der Waals surface area contributed by atoms with Crippen molar-refractivity contribution in [3.05, 3.63) is 72.4 Å². The Bertz CT molecular complexity index is 2110. The van der Waals surface area contributed by atoms with Gasteiger partial charge in [-0.25, -0.2) is 17.8 Å². The van der Waals surface area contributed by atoms with E-state index in [0.717, 1.165) is 43.0 Å². The fourth-order valence-corrected chi connectivity index (χ4v) is 7.44. The summed E-state index contributed by atoms with van der Waals surface area (Å²) in [5.74, 6) is -3.06. The van der Waals surface area contributed by atoms with Crippen LogP contribution in [0.2, 0.25) is 0 Å². The molecule has 1 saturated heterocycles. The molecule has 11 nitrogen and oxygen atoms in total. The third-order valence-electron chi connectivity index (χ3n) is 9.86. The van der Waals surface area contributed by atoms with E-state index in [1.807, 2.05) is 21.8 Å². The maximum atomic E-state index is 13.6. The molecule has 0 spiro atoms. The fourth-order valence-electron chi connectivity index (χ4n) is 6.87. The molecule has 2 aliphatic rings. The standard InChI is InChI=1S/C35H39F3N8O3S/c1-21(23-6-9-26(36)10-7-23)49-30-16-24(8-11-29(30)43-50(47,48)35(37)38)32-31-33(44(2)42-32)28(18-40-34(31)39)25-17-41-46(20-25)27-12-14-45(15-13-27)19-22-4-3-5-22/h6-11,16-18,20-22,27,35,43H,3-5,12-15,19H2,1-2H3,(H2,39,40)/t21-/m0/s1. The Morgan fingerprint density at radius 3 is 2.46 bits per heavy atom. The number of piperidine rings is 1. The van der Waals surface area contributed by atoms with Gasteiger partial charge in [0.2, 0.25) is 0 Å². The molecule has 3 N–H and O–H groups in total. The average molecular weight is 709 g/mol. The van der Waals surface area contributed by atoms with Crippen molar-refractivity contribution in [3.8, 4) is 28.1 Å². The summed E-state index contributed by atoms with van der Waals surface area (Å²) in [6.07, 6.45) is 11.0. The number of aromatic nitrogens is 5. The fraction of sp³-hybridized carbons (Fsp3) is 0.400. The SMILES string of the molecule is C[C@H](Oc1cc(-c2nn(C)c3c(-c4cnn(C5CCN(CC6CCC6)CC5)c4)cnc(N)c23)ccc1NS(=O)(=O)C(F)F)c1ccc(F)cc1. The zero-order valence-corrected chi connectivity index (χ0v) is 28.6. The van der Waals surface area contributed by atoms with Crippen molar-refractivity contribution in [2.75, 3.05) is 30.1 Å². The molecular formula is C35H39F3N8O3S. The van der Waals surface area contributed by atoms with E-state index in [4.69, 9.17) is 20.7 Å². The number of hydrogen-bond acceptors (Lipinski definition) is 8. The van der Waals surface area contributed by atoms with Gasteiger partial charge in [0, 0.05) is 55.8 Å². The minimum Gasteiger partial charge on any atom is -0.484 e. The molecule has 264 valence electrons. The third kappa shape index (κ3) is 6.75. The molecule has 2 fully saturated rings. The first-order chi connectivity index (χ1) is 24.0. The molecule has 3 aromatic heterocycles. The minimum atomic E-state index is -5.02. The van der Waals surface area contributed by atoms with Gasteiger partial charge in [-0.2, -0.15) is 19.0 Å². The van der Waals surface area contributed by atoms with Crippen LogP contribution in [0, 0.1) is 11.7 Å². The van der Waals surface area contributed by atoms with Crippen LogP contribution in [0.5, 0.6) is 5.75 Å². The van der Waals surface area contributed by atoms with E-state index in [-0.39, 0.29) is 17.3 Å². The first-order valence-electron chi connectivity index (χ1n) is 16.7. The number of nitrogens with two attached hydrogens (primary N) is 1. The first kappa shape index (κ1) is 33.8. The second-order valence-electron chi connectivity index (χ2n) is 13.2. The molecule has 50 heavy (non-hydrogen) atoms. The molecule has 1 aliphatic carbocycles. The summed E-state index contributed by atoms with van der Waals surface area (Å²) in [6, 6.07) is 10.3. The Balaban J connectivity index is 1.21. The van der Waals surface area contributed by atoms with Gasteiger partial charge >= 0.3 is 5.76 Å². The van der Waals surface area contributed by atoms with Crippen molar-refractivity contribution in [1.29, 1.82) is 0 Å². The minimum absolute atomic E-state index is 0.0370. The van der Waals surface area contributed by atoms with Gasteiger partial charge in [-0.05, 0) is 68.4 Å². The van der Waals surface area contributed by atoms with E-state index in [0.29, 0.717) is 33.8 Å². The lowest BCUT2D eigenvalue weighted by Gasteiger charge is -2.36. The summed E-state index contributed by atoms with van der Waals surface area (Å²) < 4.78 is 76.3. The summed E-state index contributed by atoms with van der Waals surface area (Å²) in [4.78, 5) is 7.08. The Hall–Kier alpha value is -4.63. The predicted molar refractivity (Wildman–Crippen MR) is 186 cm³/mol. The highest BCUT2D eigenvalue weighted by molar-refractivity contribution is 7.93. The molecule has 5 aromatic rings. The number of ether oxygens (including phenoxy) is 1. The Labute approximate surface area is 288 Å². The van der Waals surface area contributed by atoms with Gasteiger partial charge in [-0.3, -0.25) is 14.1 Å². The normalized spacial score (nSPS) is 16.9. The van der Waals surface area contributed by atoms with Crippen molar-refractivity contribution in [1.82, 2.24) is 29.4 Å². The van der Waals surface area contributed by atoms with E-state index >= 15 is 0 Å². The number of nitrogens with one attached hydrogen (secondary N) is 1. The molecule has 4 heterocycles. The van der Waals surface area contributed by atoms with Crippen LogP contribution in [0.25, 0.3) is 33.3 Å². The van der Waals surface area contributed by atoms with Crippen LogP contribution in [0.4, 0.5) is 24.7 Å². The van der Waals surface area contributed by atoms with E-state index < -0.39 is 27.7 Å². The monoisotopic (exact) mass is 708 g/mol. The first-order valence-corrected chi connectivity index (χ1v) is 18.3. The second kappa shape index (κ2) is 13.6. The van der Waals surface area contributed by atoms with Gasteiger partial charge in [0.25, 0.3) is 10.0 Å². The van der Waals surface area contributed by atoms with Crippen molar-refractivity contribution < 1.29 is 26.3 Å². The molecule has 0 unspecified atom stereocenters. The number of likely N-dealkylation sites (tertiary alicyclic amines) is 1. The second-order valence-corrected chi connectivity index (χ2v) is 14.9. The van der Waals surface area contributed by atoms with Crippen LogP contribution in [-0.4, -0.2) is 63.3 Å². The third-order valence-corrected chi connectivity index (χ3v) is 10.8. The van der Waals surface area contributed by atoms with Gasteiger partial charge in [0.1, 0.15) is 29.2 Å². The number of fused-ring (bicyclic) bond motifs is 1. The Morgan fingerprint density at radius 2 is 1.78 bits per heavy atom. The van der Waals surface area contributed by atoms with E-state index in [1.165, 1.54) is 62.2 Å². The number of nitrogens with zero attached hydrogens (tertiary/aromatic N) is 6. The lowest BCUT2D eigenvalue weighted by atomic mass is 9.84. The van der Waals surface area contributed by atoms with Crippen LogP contribution >= 0.6 is 0 Å². The zero-order chi connectivity index (χ0) is 35.2. The van der Waals surface area contributed by atoms with Gasteiger partial charge < -0.3 is 15.4 Å². The topological polar surface area (TPSA) is 133 Å². The van der Waals surface area contributed by atoms with Crippen molar-refractivity contribution in [2.24, 2.45) is 13.0 Å².